The van der Waals surface area contributed by atoms with Crippen molar-refractivity contribution in [3.05, 3.63) is 58.7 Å². The first kappa shape index (κ1) is 14.8. The Labute approximate surface area is 127 Å². The van der Waals surface area contributed by atoms with E-state index < -0.39 is 0 Å². The summed E-state index contributed by atoms with van der Waals surface area (Å²) in [5, 5.41) is 15.1. The Balaban J connectivity index is 1.84. The molecule has 106 valence electrons. The highest BCUT2D eigenvalue weighted by molar-refractivity contribution is 6.33. The van der Waals surface area contributed by atoms with Crippen molar-refractivity contribution in [2.45, 2.75) is 0 Å². The summed E-state index contributed by atoms with van der Waals surface area (Å²) in [4.78, 5) is 16.0. The highest BCUT2D eigenvalue weighted by atomic mass is 35.5. The third kappa shape index (κ3) is 3.94. The smallest absolute Gasteiger partial charge is 0.252 e. The second kappa shape index (κ2) is 7.27. The highest BCUT2D eigenvalue weighted by Gasteiger charge is 2.08. The average molecular weight is 301 g/mol. The number of pyridine rings is 1. The normalized spacial score (nSPS) is 9.71. The molecule has 1 heterocycles. The van der Waals surface area contributed by atoms with Crippen LogP contribution in [-0.4, -0.2) is 24.0 Å². The van der Waals surface area contributed by atoms with Gasteiger partial charge >= 0.3 is 0 Å². The van der Waals surface area contributed by atoms with E-state index in [4.69, 9.17) is 16.9 Å². The molecule has 2 rings (SSSR count). The fraction of sp³-hybridized carbons (Fsp3) is 0.133. The van der Waals surface area contributed by atoms with Crippen molar-refractivity contribution < 1.29 is 4.79 Å². The molecule has 1 amide bonds. The molecule has 2 N–H and O–H groups in total. The Morgan fingerprint density at radius 1 is 1.24 bits per heavy atom. The fourth-order valence-electron chi connectivity index (χ4n) is 1.73. The van der Waals surface area contributed by atoms with E-state index >= 15 is 0 Å². The molecule has 0 bridgehead atoms. The molecule has 21 heavy (non-hydrogen) atoms. The quantitative estimate of drug-likeness (QED) is 0.831. The van der Waals surface area contributed by atoms with E-state index in [0.717, 1.165) is 0 Å². The number of amides is 1. The third-order valence-electron chi connectivity index (χ3n) is 2.75. The molecule has 1 aromatic heterocycles. The van der Waals surface area contributed by atoms with Crippen molar-refractivity contribution in [1.82, 2.24) is 10.3 Å². The van der Waals surface area contributed by atoms with Gasteiger partial charge in [-0.2, -0.15) is 5.26 Å². The monoisotopic (exact) mass is 300 g/mol. The van der Waals surface area contributed by atoms with E-state index in [2.05, 4.69) is 15.6 Å². The predicted octanol–water partition coefficient (Wildman–Crippen LogP) is 2.45. The van der Waals surface area contributed by atoms with E-state index in [1.165, 1.54) is 0 Å². The van der Waals surface area contributed by atoms with E-state index in [9.17, 15) is 4.79 Å². The number of halogens is 1. The van der Waals surface area contributed by atoms with Gasteiger partial charge in [0.25, 0.3) is 5.91 Å². The zero-order chi connectivity index (χ0) is 15.1. The largest absolute Gasteiger partial charge is 0.367 e. The average Bonchev–Trinajstić information content (AvgIpc) is 2.52. The molecule has 6 heteroatoms. The summed E-state index contributed by atoms with van der Waals surface area (Å²) in [5.41, 5.74) is 0.907. The number of benzene rings is 1. The summed E-state index contributed by atoms with van der Waals surface area (Å²) < 4.78 is 0. The number of nitriles is 1. The topological polar surface area (TPSA) is 77.8 Å². The van der Waals surface area contributed by atoms with Crippen molar-refractivity contribution in [3.8, 4) is 6.07 Å². The first-order valence-electron chi connectivity index (χ1n) is 6.34. The van der Waals surface area contributed by atoms with Crippen LogP contribution in [0.2, 0.25) is 5.02 Å². The highest BCUT2D eigenvalue weighted by Crippen LogP contribution is 2.14. The maximum absolute atomic E-state index is 11.9. The van der Waals surface area contributed by atoms with Crippen LogP contribution < -0.4 is 10.6 Å². The molecule has 5 nitrogen and oxygen atoms in total. The van der Waals surface area contributed by atoms with Gasteiger partial charge in [-0.05, 0) is 24.3 Å². The molecule has 0 aliphatic rings. The van der Waals surface area contributed by atoms with Crippen LogP contribution >= 0.6 is 11.6 Å². The van der Waals surface area contributed by atoms with Gasteiger partial charge in [0.15, 0.2) is 0 Å². The van der Waals surface area contributed by atoms with Crippen LogP contribution in [0.4, 0.5) is 5.82 Å². The van der Waals surface area contributed by atoms with Crippen molar-refractivity contribution in [3.63, 3.8) is 0 Å². The molecule has 0 fully saturated rings. The van der Waals surface area contributed by atoms with Gasteiger partial charge in [-0.15, -0.1) is 0 Å². The van der Waals surface area contributed by atoms with E-state index in [1.54, 1.807) is 42.6 Å². The van der Waals surface area contributed by atoms with Crippen molar-refractivity contribution in [2.24, 2.45) is 0 Å². The molecular weight excluding hydrogens is 288 g/mol. The molecule has 2 aromatic rings. The Bertz CT molecular complexity index is 681. The van der Waals surface area contributed by atoms with Gasteiger partial charge in [-0.25, -0.2) is 4.98 Å². The number of carbonyl (C=O) groups excluding carboxylic acids is 1. The van der Waals surface area contributed by atoms with Gasteiger partial charge < -0.3 is 10.6 Å². The molecule has 0 atom stereocenters. The Kier molecular flexibility index (Phi) is 5.13. The lowest BCUT2D eigenvalue weighted by Gasteiger charge is -2.09. The third-order valence-corrected chi connectivity index (χ3v) is 3.08. The number of hydrogen-bond acceptors (Lipinski definition) is 4. The van der Waals surface area contributed by atoms with Crippen LogP contribution in [-0.2, 0) is 0 Å². The Morgan fingerprint density at radius 3 is 2.81 bits per heavy atom. The second-order valence-electron chi connectivity index (χ2n) is 4.17. The fourth-order valence-corrected chi connectivity index (χ4v) is 1.96. The van der Waals surface area contributed by atoms with Gasteiger partial charge in [0, 0.05) is 19.3 Å². The van der Waals surface area contributed by atoms with E-state index in [-0.39, 0.29) is 5.91 Å². The number of anilines is 1. The zero-order valence-electron chi connectivity index (χ0n) is 11.1. The molecule has 0 saturated heterocycles. The predicted molar refractivity (Wildman–Crippen MR) is 81.2 cm³/mol. The number of nitrogens with one attached hydrogen (secondary N) is 2. The van der Waals surface area contributed by atoms with Crippen LogP contribution in [0.25, 0.3) is 0 Å². The van der Waals surface area contributed by atoms with E-state index in [0.29, 0.717) is 35.1 Å². The van der Waals surface area contributed by atoms with Gasteiger partial charge in [0.1, 0.15) is 11.9 Å². The van der Waals surface area contributed by atoms with Crippen LogP contribution in [0.3, 0.4) is 0 Å². The molecule has 0 radical (unpaired) electrons. The lowest BCUT2D eigenvalue weighted by molar-refractivity contribution is 0.0955. The van der Waals surface area contributed by atoms with Crippen LogP contribution in [0, 0.1) is 11.3 Å². The summed E-state index contributed by atoms with van der Waals surface area (Å²) in [6, 6.07) is 12.3. The maximum Gasteiger partial charge on any atom is 0.252 e. The molecule has 1 aromatic carbocycles. The van der Waals surface area contributed by atoms with Crippen LogP contribution in [0.15, 0.2) is 42.6 Å². The summed E-state index contributed by atoms with van der Waals surface area (Å²) in [6.45, 7) is 0.855. The number of aromatic nitrogens is 1. The molecule has 0 aliphatic carbocycles. The Morgan fingerprint density at radius 2 is 2.05 bits per heavy atom. The number of rotatable bonds is 5. The molecule has 0 saturated carbocycles. The standard InChI is InChI=1S/C15H13ClN4O/c16-13-6-2-1-5-12(13)15(21)20-9-8-19-14-11(10-17)4-3-7-18-14/h1-7H,8-9H2,(H,18,19)(H,20,21). The molecule has 0 spiro atoms. The lowest BCUT2D eigenvalue weighted by atomic mass is 10.2. The first-order valence-corrected chi connectivity index (χ1v) is 6.72. The molecule has 0 aliphatic heterocycles. The van der Waals surface area contributed by atoms with Crippen molar-refractivity contribution in [1.29, 1.82) is 5.26 Å². The van der Waals surface area contributed by atoms with Gasteiger partial charge in [0.05, 0.1) is 16.1 Å². The summed E-state index contributed by atoms with van der Waals surface area (Å²) in [6.07, 6.45) is 1.60. The van der Waals surface area contributed by atoms with Crippen molar-refractivity contribution >= 4 is 23.3 Å². The van der Waals surface area contributed by atoms with Gasteiger partial charge in [0.2, 0.25) is 0 Å². The zero-order valence-corrected chi connectivity index (χ0v) is 11.9. The molecule has 0 unspecified atom stereocenters. The number of carbonyl (C=O) groups is 1. The van der Waals surface area contributed by atoms with E-state index in [1.807, 2.05) is 6.07 Å². The first-order chi connectivity index (χ1) is 10.2. The number of nitrogens with zero attached hydrogens (tertiary/aromatic N) is 2. The second-order valence-corrected chi connectivity index (χ2v) is 4.58. The lowest BCUT2D eigenvalue weighted by Crippen LogP contribution is -2.29. The minimum Gasteiger partial charge on any atom is -0.367 e. The molecular formula is C15H13ClN4O. The Hall–Kier alpha value is -2.58. The van der Waals surface area contributed by atoms with Gasteiger partial charge in [-0.3, -0.25) is 4.79 Å². The summed E-state index contributed by atoms with van der Waals surface area (Å²) >= 11 is 5.94. The number of hydrogen-bond donors (Lipinski definition) is 2. The van der Waals surface area contributed by atoms with Gasteiger partial charge in [-0.1, -0.05) is 23.7 Å². The SMILES string of the molecule is N#Cc1cccnc1NCCNC(=O)c1ccccc1Cl. The van der Waals surface area contributed by atoms with Crippen molar-refractivity contribution in [2.75, 3.05) is 18.4 Å². The summed E-state index contributed by atoms with van der Waals surface area (Å²) in [7, 11) is 0. The minimum atomic E-state index is -0.232. The van der Waals surface area contributed by atoms with Crippen LogP contribution in [0.1, 0.15) is 15.9 Å². The van der Waals surface area contributed by atoms with Crippen LogP contribution in [0.5, 0.6) is 0 Å². The maximum atomic E-state index is 11.9. The minimum absolute atomic E-state index is 0.232. The summed E-state index contributed by atoms with van der Waals surface area (Å²) in [5.74, 6) is 0.274.